The van der Waals surface area contributed by atoms with E-state index in [2.05, 4.69) is 0 Å². The summed E-state index contributed by atoms with van der Waals surface area (Å²) < 4.78 is 0. The Hall–Kier alpha value is -0.480. The molecule has 0 bridgehead atoms. The van der Waals surface area contributed by atoms with Gasteiger partial charge in [0.1, 0.15) is 0 Å². The van der Waals surface area contributed by atoms with Crippen LogP contribution in [0.2, 0.25) is 10.0 Å². The van der Waals surface area contributed by atoms with Crippen molar-refractivity contribution in [1.82, 2.24) is 0 Å². The van der Waals surface area contributed by atoms with E-state index in [9.17, 15) is 4.79 Å². The lowest BCUT2D eigenvalue weighted by Gasteiger charge is -2.28. The molecule has 0 unspecified atom stereocenters. The van der Waals surface area contributed by atoms with Crippen molar-refractivity contribution in [2.45, 2.75) is 18.9 Å². The highest BCUT2D eigenvalue weighted by Gasteiger charge is 2.28. The molecule has 1 aliphatic rings. The Morgan fingerprint density at radius 3 is 2.47 bits per heavy atom. The summed E-state index contributed by atoms with van der Waals surface area (Å²) in [4.78, 5) is 11.2. The number of amides is 1. The fourth-order valence-electron chi connectivity index (χ4n) is 2.12. The largest absolute Gasteiger partial charge is 0.369 e. The van der Waals surface area contributed by atoms with Crippen molar-refractivity contribution in [1.29, 1.82) is 0 Å². The number of primary amides is 1. The number of carbonyl (C=O) groups is 1. The predicted molar refractivity (Wildman–Crippen MR) is 71.6 cm³/mol. The molecule has 3 nitrogen and oxygen atoms in total. The molecule has 2 rings (SSSR count). The number of benzene rings is 1. The maximum atomic E-state index is 11.2. The van der Waals surface area contributed by atoms with Crippen LogP contribution in [0.3, 0.4) is 0 Å². The number of fused-ring (bicyclic) bond motifs is 1. The van der Waals surface area contributed by atoms with Crippen LogP contribution in [0.15, 0.2) is 12.1 Å². The summed E-state index contributed by atoms with van der Waals surface area (Å²) in [5, 5.41) is 0.978. The van der Waals surface area contributed by atoms with Crippen LogP contribution in [0.5, 0.6) is 0 Å². The predicted octanol–water partition coefficient (Wildman–Crippen LogP) is 2.46. The lowest BCUT2D eigenvalue weighted by molar-refractivity contribution is -0.122. The number of hydrogen-bond acceptors (Lipinski definition) is 2. The third kappa shape index (κ3) is 2.86. The summed E-state index contributed by atoms with van der Waals surface area (Å²) in [5.74, 6) is -0.521. The standard InChI is InChI=1S/C11H12Cl2N2O.ClH/c12-8-2-5-1-6(11(15)16)3-10(14)7(5)4-9(8)13;/h2,4,6,10H,1,3,14H2,(H2,15,16);1H/t6-,10+;/m0./s1. The minimum atomic E-state index is -0.313. The van der Waals surface area contributed by atoms with E-state index < -0.39 is 0 Å². The van der Waals surface area contributed by atoms with E-state index in [-0.39, 0.29) is 30.3 Å². The Bertz CT molecular complexity index is 451. The van der Waals surface area contributed by atoms with Gasteiger partial charge < -0.3 is 11.5 Å². The van der Waals surface area contributed by atoms with Crippen molar-refractivity contribution in [3.8, 4) is 0 Å². The molecular formula is C11H13Cl3N2O. The molecule has 1 aliphatic carbocycles. The Morgan fingerprint density at radius 1 is 1.29 bits per heavy atom. The van der Waals surface area contributed by atoms with Crippen molar-refractivity contribution >= 4 is 41.5 Å². The molecule has 0 saturated carbocycles. The molecule has 0 spiro atoms. The van der Waals surface area contributed by atoms with Gasteiger partial charge in [0.05, 0.1) is 10.0 Å². The maximum absolute atomic E-state index is 11.2. The Kier molecular flexibility index (Phi) is 4.67. The molecule has 0 aromatic heterocycles. The molecule has 0 aliphatic heterocycles. The van der Waals surface area contributed by atoms with Crippen LogP contribution in [-0.2, 0) is 11.2 Å². The third-order valence-corrected chi connectivity index (χ3v) is 3.71. The van der Waals surface area contributed by atoms with Crippen molar-refractivity contribution in [2.75, 3.05) is 0 Å². The van der Waals surface area contributed by atoms with Gasteiger partial charge in [-0.3, -0.25) is 4.79 Å². The van der Waals surface area contributed by atoms with Crippen LogP contribution >= 0.6 is 35.6 Å². The number of rotatable bonds is 1. The van der Waals surface area contributed by atoms with Crippen molar-refractivity contribution in [3.63, 3.8) is 0 Å². The van der Waals surface area contributed by atoms with E-state index in [1.54, 1.807) is 12.1 Å². The second kappa shape index (κ2) is 5.44. The lowest BCUT2D eigenvalue weighted by atomic mass is 9.81. The molecule has 0 heterocycles. The molecule has 2 atom stereocenters. The van der Waals surface area contributed by atoms with Crippen LogP contribution in [0.25, 0.3) is 0 Å². The normalized spacial score (nSPS) is 22.5. The zero-order valence-electron chi connectivity index (χ0n) is 8.95. The highest BCUT2D eigenvalue weighted by Crippen LogP contribution is 2.36. The first-order chi connectivity index (χ1) is 7.49. The summed E-state index contributed by atoms with van der Waals surface area (Å²) in [6, 6.07) is 3.35. The molecule has 1 aromatic carbocycles. The van der Waals surface area contributed by atoms with Gasteiger partial charge in [-0.2, -0.15) is 0 Å². The van der Waals surface area contributed by atoms with Gasteiger partial charge in [0.15, 0.2) is 0 Å². The van der Waals surface area contributed by atoms with Crippen molar-refractivity contribution < 1.29 is 4.79 Å². The van der Waals surface area contributed by atoms with Gasteiger partial charge in [0.2, 0.25) is 5.91 Å². The molecule has 6 heteroatoms. The zero-order valence-corrected chi connectivity index (χ0v) is 11.3. The summed E-state index contributed by atoms with van der Waals surface area (Å²) in [6.07, 6.45) is 1.16. The van der Waals surface area contributed by atoms with Crippen molar-refractivity contribution in [2.24, 2.45) is 17.4 Å². The SMILES string of the molecule is Cl.NC(=O)[C@H]1Cc2cc(Cl)c(Cl)cc2[C@H](N)C1. The van der Waals surface area contributed by atoms with Crippen LogP contribution in [-0.4, -0.2) is 5.91 Å². The highest BCUT2D eigenvalue weighted by molar-refractivity contribution is 6.42. The van der Waals surface area contributed by atoms with E-state index >= 15 is 0 Å². The van der Waals surface area contributed by atoms with Crippen LogP contribution in [0.4, 0.5) is 0 Å². The minimum absolute atomic E-state index is 0. The minimum Gasteiger partial charge on any atom is -0.369 e. The zero-order chi connectivity index (χ0) is 11.9. The topological polar surface area (TPSA) is 69.1 Å². The molecule has 1 aromatic rings. The van der Waals surface area contributed by atoms with E-state index in [1.165, 1.54) is 0 Å². The van der Waals surface area contributed by atoms with Crippen LogP contribution in [0.1, 0.15) is 23.6 Å². The number of nitrogens with two attached hydrogens (primary N) is 2. The van der Waals surface area contributed by atoms with E-state index in [0.29, 0.717) is 22.9 Å². The fraction of sp³-hybridized carbons (Fsp3) is 0.364. The molecule has 94 valence electrons. The van der Waals surface area contributed by atoms with Gasteiger partial charge in [-0.1, -0.05) is 23.2 Å². The molecule has 1 amide bonds. The first kappa shape index (κ1) is 14.6. The molecule has 4 N–H and O–H groups in total. The number of hydrogen-bond donors (Lipinski definition) is 2. The van der Waals surface area contributed by atoms with Gasteiger partial charge in [-0.25, -0.2) is 0 Å². The van der Waals surface area contributed by atoms with Gasteiger partial charge in [-0.15, -0.1) is 12.4 Å². The second-order valence-electron chi connectivity index (χ2n) is 4.11. The molecule has 0 fully saturated rings. The number of carbonyl (C=O) groups excluding carboxylic acids is 1. The average Bonchev–Trinajstić information content (AvgIpc) is 2.20. The summed E-state index contributed by atoms with van der Waals surface area (Å²) >= 11 is 11.9. The van der Waals surface area contributed by atoms with Crippen molar-refractivity contribution in [3.05, 3.63) is 33.3 Å². The van der Waals surface area contributed by atoms with Gasteiger partial charge in [0, 0.05) is 12.0 Å². The quantitative estimate of drug-likeness (QED) is 0.835. The molecule has 0 saturated heterocycles. The molecule has 0 radical (unpaired) electrons. The average molecular weight is 296 g/mol. The van der Waals surface area contributed by atoms with E-state index in [1.807, 2.05) is 0 Å². The van der Waals surface area contributed by atoms with Gasteiger partial charge >= 0.3 is 0 Å². The summed E-state index contributed by atoms with van der Waals surface area (Å²) in [7, 11) is 0. The van der Waals surface area contributed by atoms with E-state index in [0.717, 1.165) is 11.1 Å². The fourth-order valence-corrected chi connectivity index (χ4v) is 2.48. The third-order valence-electron chi connectivity index (χ3n) is 2.99. The lowest BCUT2D eigenvalue weighted by Crippen LogP contribution is -2.33. The second-order valence-corrected chi connectivity index (χ2v) is 4.93. The Balaban J connectivity index is 0.00000144. The summed E-state index contributed by atoms with van der Waals surface area (Å²) in [6.45, 7) is 0. The van der Waals surface area contributed by atoms with Gasteiger partial charge in [-0.05, 0) is 36.1 Å². The van der Waals surface area contributed by atoms with Crippen LogP contribution in [0, 0.1) is 5.92 Å². The smallest absolute Gasteiger partial charge is 0.220 e. The van der Waals surface area contributed by atoms with Gasteiger partial charge in [0.25, 0.3) is 0 Å². The Labute approximate surface area is 116 Å². The molecule has 17 heavy (non-hydrogen) atoms. The maximum Gasteiger partial charge on any atom is 0.220 e. The van der Waals surface area contributed by atoms with Crippen LogP contribution < -0.4 is 11.5 Å². The first-order valence-corrected chi connectivity index (χ1v) is 5.77. The first-order valence-electron chi connectivity index (χ1n) is 5.01. The monoisotopic (exact) mass is 294 g/mol. The van der Waals surface area contributed by atoms with E-state index in [4.69, 9.17) is 34.7 Å². The molecular weight excluding hydrogens is 282 g/mol. The summed E-state index contributed by atoms with van der Waals surface area (Å²) in [5.41, 5.74) is 13.2. The highest BCUT2D eigenvalue weighted by atomic mass is 35.5. The number of halogens is 3. The Morgan fingerprint density at radius 2 is 1.88 bits per heavy atom.